The largest absolute Gasteiger partial charge is 0.352 e. The molecule has 1 N–H and O–H groups in total. The smallest absolute Gasteiger partial charge is 0.252 e. The molecule has 1 rings (SSSR count). The van der Waals surface area contributed by atoms with E-state index in [0.29, 0.717) is 23.0 Å². The van der Waals surface area contributed by atoms with E-state index >= 15 is 0 Å². The van der Waals surface area contributed by atoms with E-state index in [1.54, 1.807) is 18.2 Å². The predicted octanol–water partition coefficient (Wildman–Crippen LogP) is 3.40. The first-order chi connectivity index (χ1) is 7.54. The van der Waals surface area contributed by atoms with Crippen molar-refractivity contribution in [3.05, 3.63) is 28.8 Å². The third-order valence-electron chi connectivity index (χ3n) is 2.50. The van der Waals surface area contributed by atoms with Crippen molar-refractivity contribution in [1.29, 1.82) is 0 Å². The fraction of sp³-hybridized carbons (Fsp3) is 0.417. The number of benzene rings is 1. The van der Waals surface area contributed by atoms with Gasteiger partial charge in [0.1, 0.15) is 0 Å². The molecule has 1 atom stereocenters. The Morgan fingerprint density at radius 1 is 1.56 bits per heavy atom. The van der Waals surface area contributed by atoms with E-state index in [4.69, 9.17) is 11.6 Å². The third kappa shape index (κ3) is 3.72. The van der Waals surface area contributed by atoms with E-state index in [0.717, 1.165) is 11.3 Å². The van der Waals surface area contributed by atoms with Gasteiger partial charge in [0.2, 0.25) is 0 Å². The van der Waals surface area contributed by atoms with Gasteiger partial charge in [-0.15, -0.1) is 12.6 Å². The maximum Gasteiger partial charge on any atom is 0.252 e. The number of carbonyl (C=O) groups is 1. The summed E-state index contributed by atoms with van der Waals surface area (Å²) in [6, 6.07) is 5.12. The van der Waals surface area contributed by atoms with Crippen molar-refractivity contribution in [3.63, 3.8) is 0 Å². The molecular weight excluding hydrogens is 242 g/mol. The maximum atomic E-state index is 11.8. The van der Waals surface area contributed by atoms with Gasteiger partial charge >= 0.3 is 0 Å². The number of carbonyl (C=O) groups excluding carboxylic acids is 1. The minimum atomic E-state index is -0.138. The lowest BCUT2D eigenvalue weighted by molar-refractivity contribution is 0.0948. The highest BCUT2D eigenvalue weighted by atomic mass is 35.5. The molecule has 0 heterocycles. The Hall–Kier alpha value is -0.670. The normalized spacial score (nSPS) is 12.2. The summed E-state index contributed by atoms with van der Waals surface area (Å²) < 4.78 is 0. The Labute approximate surface area is 107 Å². The van der Waals surface area contributed by atoms with Crippen LogP contribution in [0.2, 0.25) is 5.02 Å². The molecular formula is C12H16ClNOS. The monoisotopic (exact) mass is 257 g/mol. The van der Waals surface area contributed by atoms with Gasteiger partial charge in [0.05, 0.1) is 10.6 Å². The minimum Gasteiger partial charge on any atom is -0.352 e. The van der Waals surface area contributed by atoms with Gasteiger partial charge in [-0.1, -0.05) is 31.9 Å². The number of amides is 1. The highest BCUT2D eigenvalue weighted by molar-refractivity contribution is 7.80. The summed E-state index contributed by atoms with van der Waals surface area (Å²) in [5.41, 5.74) is 0.484. The van der Waals surface area contributed by atoms with Gasteiger partial charge in [-0.2, -0.15) is 0 Å². The van der Waals surface area contributed by atoms with Crippen LogP contribution in [0.1, 0.15) is 30.6 Å². The van der Waals surface area contributed by atoms with E-state index in [1.807, 2.05) is 0 Å². The lowest BCUT2D eigenvalue weighted by Gasteiger charge is -2.11. The zero-order valence-corrected chi connectivity index (χ0v) is 11.1. The van der Waals surface area contributed by atoms with Crippen molar-refractivity contribution >= 4 is 30.1 Å². The lowest BCUT2D eigenvalue weighted by atomic mass is 10.1. The van der Waals surface area contributed by atoms with Crippen LogP contribution in [0.5, 0.6) is 0 Å². The number of rotatable bonds is 4. The average molecular weight is 258 g/mol. The van der Waals surface area contributed by atoms with Gasteiger partial charge in [-0.3, -0.25) is 4.79 Å². The molecule has 0 aromatic heterocycles. The molecule has 1 unspecified atom stereocenters. The van der Waals surface area contributed by atoms with E-state index in [2.05, 4.69) is 31.8 Å². The Balaban J connectivity index is 2.69. The zero-order valence-electron chi connectivity index (χ0n) is 9.46. The van der Waals surface area contributed by atoms with Gasteiger partial charge < -0.3 is 5.32 Å². The molecule has 0 spiro atoms. The van der Waals surface area contributed by atoms with Crippen molar-refractivity contribution in [3.8, 4) is 0 Å². The minimum absolute atomic E-state index is 0.138. The van der Waals surface area contributed by atoms with Crippen LogP contribution in [-0.4, -0.2) is 12.5 Å². The molecule has 2 nitrogen and oxygen atoms in total. The van der Waals surface area contributed by atoms with Gasteiger partial charge in [0.15, 0.2) is 0 Å². The van der Waals surface area contributed by atoms with Crippen LogP contribution in [0.25, 0.3) is 0 Å². The molecule has 88 valence electrons. The number of halogens is 1. The summed E-state index contributed by atoms with van der Waals surface area (Å²) in [6.07, 6.45) is 1.04. The van der Waals surface area contributed by atoms with Crippen molar-refractivity contribution < 1.29 is 4.79 Å². The maximum absolute atomic E-state index is 11.8. The number of hydrogen-bond acceptors (Lipinski definition) is 2. The summed E-state index contributed by atoms with van der Waals surface area (Å²) in [6.45, 7) is 4.86. The van der Waals surface area contributed by atoms with E-state index in [9.17, 15) is 4.79 Å². The molecule has 1 amide bonds. The zero-order chi connectivity index (χ0) is 12.1. The molecule has 0 fully saturated rings. The quantitative estimate of drug-likeness (QED) is 0.796. The predicted molar refractivity (Wildman–Crippen MR) is 70.5 cm³/mol. The van der Waals surface area contributed by atoms with Crippen molar-refractivity contribution in [2.45, 2.75) is 25.2 Å². The summed E-state index contributed by atoms with van der Waals surface area (Å²) >= 11 is 10.1. The van der Waals surface area contributed by atoms with E-state index in [-0.39, 0.29) is 5.91 Å². The van der Waals surface area contributed by atoms with Crippen LogP contribution in [0.3, 0.4) is 0 Å². The van der Waals surface area contributed by atoms with Gasteiger partial charge in [-0.25, -0.2) is 0 Å². The molecule has 0 saturated heterocycles. The van der Waals surface area contributed by atoms with Gasteiger partial charge in [0.25, 0.3) is 5.91 Å². The highest BCUT2D eigenvalue weighted by Crippen LogP contribution is 2.19. The van der Waals surface area contributed by atoms with Gasteiger partial charge in [0, 0.05) is 11.4 Å². The van der Waals surface area contributed by atoms with E-state index in [1.165, 1.54) is 0 Å². The molecule has 0 saturated carbocycles. The molecule has 1 aromatic carbocycles. The van der Waals surface area contributed by atoms with Crippen LogP contribution >= 0.6 is 24.2 Å². The number of thiol groups is 1. The Morgan fingerprint density at radius 2 is 2.25 bits per heavy atom. The summed E-state index contributed by atoms with van der Waals surface area (Å²) in [5, 5.41) is 3.32. The van der Waals surface area contributed by atoms with Crippen LogP contribution in [-0.2, 0) is 0 Å². The van der Waals surface area contributed by atoms with Crippen molar-refractivity contribution in [2.24, 2.45) is 5.92 Å². The summed E-state index contributed by atoms with van der Waals surface area (Å²) in [4.78, 5) is 12.5. The average Bonchev–Trinajstić information content (AvgIpc) is 2.28. The molecule has 0 aliphatic rings. The highest BCUT2D eigenvalue weighted by Gasteiger charge is 2.11. The molecule has 4 heteroatoms. The second-order valence-corrected chi connectivity index (χ2v) is 4.81. The topological polar surface area (TPSA) is 29.1 Å². The molecule has 1 aromatic rings. The van der Waals surface area contributed by atoms with Crippen molar-refractivity contribution in [2.75, 3.05) is 6.54 Å². The summed E-state index contributed by atoms with van der Waals surface area (Å²) in [7, 11) is 0. The molecule has 0 aliphatic carbocycles. The Morgan fingerprint density at radius 3 is 2.88 bits per heavy atom. The second kappa shape index (κ2) is 6.16. The molecule has 16 heavy (non-hydrogen) atoms. The third-order valence-corrected chi connectivity index (χ3v) is 3.11. The van der Waals surface area contributed by atoms with Crippen LogP contribution in [0, 0.1) is 5.92 Å². The van der Waals surface area contributed by atoms with Crippen LogP contribution < -0.4 is 5.32 Å². The first kappa shape index (κ1) is 13.4. The first-order valence-electron chi connectivity index (χ1n) is 5.31. The number of hydrogen-bond donors (Lipinski definition) is 2. The summed E-state index contributed by atoms with van der Waals surface area (Å²) in [5.74, 6) is 0.336. The first-order valence-corrected chi connectivity index (χ1v) is 6.13. The Bertz CT molecular complexity index is 381. The Kier molecular flexibility index (Phi) is 5.16. The van der Waals surface area contributed by atoms with E-state index < -0.39 is 0 Å². The second-order valence-electron chi connectivity index (χ2n) is 3.89. The molecule has 0 bridgehead atoms. The fourth-order valence-electron chi connectivity index (χ4n) is 1.19. The lowest BCUT2D eigenvalue weighted by Crippen LogP contribution is -2.28. The van der Waals surface area contributed by atoms with Gasteiger partial charge in [-0.05, 0) is 24.1 Å². The molecule has 0 radical (unpaired) electrons. The number of nitrogens with one attached hydrogen (secondary N) is 1. The molecule has 0 aliphatic heterocycles. The van der Waals surface area contributed by atoms with Crippen molar-refractivity contribution in [1.82, 2.24) is 5.32 Å². The SMILES string of the molecule is CCC(C)CNC(=O)c1cc(S)ccc1Cl. The fourth-order valence-corrected chi connectivity index (χ4v) is 1.60. The van der Waals surface area contributed by atoms with Crippen LogP contribution in [0.15, 0.2) is 23.1 Å². The standard InChI is InChI=1S/C12H16ClNOS/c1-3-8(2)7-14-12(15)10-6-9(16)4-5-11(10)13/h4-6,8,16H,3,7H2,1-2H3,(H,14,15). The van der Waals surface area contributed by atoms with Crippen LogP contribution in [0.4, 0.5) is 0 Å².